The number of hydrogen-bond donors (Lipinski definition) is 1. The monoisotopic (exact) mass is 401 g/mol. The quantitative estimate of drug-likeness (QED) is 0.811. The highest BCUT2D eigenvalue weighted by Gasteiger charge is 2.19. The Morgan fingerprint density at radius 1 is 1.28 bits per heavy atom. The first-order valence-corrected chi connectivity index (χ1v) is 9.31. The van der Waals surface area contributed by atoms with Gasteiger partial charge < -0.3 is 10.2 Å². The van der Waals surface area contributed by atoms with Crippen LogP contribution >= 0.6 is 15.9 Å². The van der Waals surface area contributed by atoms with Gasteiger partial charge in [-0.2, -0.15) is 0 Å². The molecule has 0 unspecified atom stereocenters. The smallest absolute Gasteiger partial charge is 0.255 e. The Kier molecular flexibility index (Phi) is 4.98. The summed E-state index contributed by atoms with van der Waals surface area (Å²) in [7, 11) is 2.10. The molecule has 1 amide bonds. The fraction of sp³-hybridized carbons (Fsp3) is 0.400. The maximum absolute atomic E-state index is 12.6. The zero-order valence-corrected chi connectivity index (χ0v) is 16.8. The molecule has 1 aromatic heterocycles. The zero-order valence-electron chi connectivity index (χ0n) is 15.2. The second kappa shape index (κ2) is 6.89. The summed E-state index contributed by atoms with van der Waals surface area (Å²) in [6, 6.07) is 7.81. The van der Waals surface area contributed by atoms with E-state index in [1.807, 2.05) is 24.3 Å². The van der Waals surface area contributed by atoms with E-state index in [1.54, 1.807) is 6.20 Å². The van der Waals surface area contributed by atoms with Crippen molar-refractivity contribution in [2.24, 2.45) is 0 Å². The van der Waals surface area contributed by atoms with E-state index >= 15 is 0 Å². The lowest BCUT2D eigenvalue weighted by Crippen LogP contribution is -2.27. The Bertz CT molecular complexity index is 811. The number of aromatic nitrogens is 1. The van der Waals surface area contributed by atoms with E-state index < -0.39 is 0 Å². The second-order valence-electron chi connectivity index (χ2n) is 7.72. The van der Waals surface area contributed by atoms with Gasteiger partial charge in [-0.1, -0.05) is 42.8 Å². The highest BCUT2D eigenvalue weighted by molar-refractivity contribution is 9.10. The Morgan fingerprint density at radius 2 is 2.04 bits per heavy atom. The molecule has 0 radical (unpaired) electrons. The average molecular weight is 402 g/mol. The lowest BCUT2D eigenvalue weighted by Gasteiger charge is -2.24. The molecule has 0 aliphatic carbocycles. The summed E-state index contributed by atoms with van der Waals surface area (Å²) in [6.45, 7) is 8.37. The van der Waals surface area contributed by atoms with Gasteiger partial charge in [0.05, 0.1) is 11.9 Å². The van der Waals surface area contributed by atoms with Gasteiger partial charge >= 0.3 is 0 Å². The summed E-state index contributed by atoms with van der Waals surface area (Å²) in [6.07, 6.45) is 2.71. The van der Waals surface area contributed by atoms with Crippen molar-refractivity contribution in [3.05, 3.63) is 57.3 Å². The zero-order chi connectivity index (χ0) is 18.2. The highest BCUT2D eigenvalue weighted by Crippen LogP contribution is 2.30. The fourth-order valence-corrected chi connectivity index (χ4v) is 4.08. The second-order valence-corrected chi connectivity index (χ2v) is 8.57. The molecule has 4 nitrogen and oxygen atoms in total. The normalized spacial score (nSPS) is 14.9. The number of nitrogens with zero attached hydrogens (tertiary/aromatic N) is 2. The van der Waals surface area contributed by atoms with Crippen LogP contribution in [-0.2, 0) is 18.4 Å². The van der Waals surface area contributed by atoms with E-state index in [4.69, 9.17) is 0 Å². The number of fused-ring (bicyclic) bond motifs is 1. The van der Waals surface area contributed by atoms with Crippen LogP contribution in [0.2, 0.25) is 0 Å². The first-order chi connectivity index (χ1) is 11.7. The summed E-state index contributed by atoms with van der Waals surface area (Å²) in [5.74, 6) is -0.118. The van der Waals surface area contributed by atoms with Gasteiger partial charge in [0.25, 0.3) is 5.91 Å². The third-order valence-corrected chi connectivity index (χ3v) is 5.18. The van der Waals surface area contributed by atoms with Gasteiger partial charge in [-0.05, 0) is 41.8 Å². The average Bonchev–Trinajstić information content (AvgIpc) is 2.53. The number of pyridine rings is 1. The number of anilines is 1. The molecular formula is C20H24BrN3O. The van der Waals surface area contributed by atoms with Crippen LogP contribution in [0.1, 0.15) is 48.0 Å². The molecule has 3 rings (SSSR count). The van der Waals surface area contributed by atoms with Crippen molar-refractivity contribution in [3.63, 3.8) is 0 Å². The molecule has 1 aromatic carbocycles. The molecule has 132 valence electrons. The van der Waals surface area contributed by atoms with Gasteiger partial charge in [-0.25, -0.2) is 0 Å². The number of hydrogen-bond acceptors (Lipinski definition) is 3. The Balaban J connectivity index is 1.79. The largest absolute Gasteiger partial charge is 0.321 e. The van der Waals surface area contributed by atoms with Crippen LogP contribution in [0.3, 0.4) is 0 Å². The third kappa shape index (κ3) is 4.10. The van der Waals surface area contributed by atoms with Crippen molar-refractivity contribution < 1.29 is 4.79 Å². The molecule has 1 aliphatic rings. The van der Waals surface area contributed by atoms with Crippen molar-refractivity contribution in [2.45, 2.75) is 39.2 Å². The predicted molar refractivity (Wildman–Crippen MR) is 105 cm³/mol. The van der Waals surface area contributed by atoms with Crippen LogP contribution in [0.15, 0.2) is 34.9 Å². The minimum absolute atomic E-state index is 0.0300. The summed E-state index contributed by atoms with van der Waals surface area (Å²) in [4.78, 5) is 19.4. The summed E-state index contributed by atoms with van der Waals surface area (Å²) in [5, 5.41) is 2.97. The van der Waals surface area contributed by atoms with E-state index in [-0.39, 0.29) is 11.3 Å². The molecule has 0 saturated carbocycles. The number of carbonyl (C=O) groups excluding carboxylic acids is 1. The molecule has 0 saturated heterocycles. The molecule has 1 aliphatic heterocycles. The van der Waals surface area contributed by atoms with Crippen molar-refractivity contribution in [1.82, 2.24) is 9.88 Å². The van der Waals surface area contributed by atoms with Crippen LogP contribution < -0.4 is 5.32 Å². The molecule has 0 bridgehead atoms. The maximum atomic E-state index is 12.6. The van der Waals surface area contributed by atoms with E-state index in [9.17, 15) is 4.79 Å². The molecule has 1 N–H and O–H groups in total. The molecule has 0 spiro atoms. The number of rotatable bonds is 2. The van der Waals surface area contributed by atoms with E-state index in [0.29, 0.717) is 5.56 Å². The number of likely N-dealkylation sites (N-methyl/N-ethyl adjacent to an activating group) is 1. The topological polar surface area (TPSA) is 45.2 Å². The third-order valence-electron chi connectivity index (χ3n) is 4.53. The summed E-state index contributed by atoms with van der Waals surface area (Å²) >= 11 is 3.59. The number of benzene rings is 1. The van der Waals surface area contributed by atoms with Gasteiger partial charge in [-0.15, -0.1) is 0 Å². The lowest BCUT2D eigenvalue weighted by molar-refractivity contribution is 0.102. The molecular weight excluding hydrogens is 378 g/mol. The van der Waals surface area contributed by atoms with Gasteiger partial charge in [0.1, 0.15) is 0 Å². The fourth-order valence-electron chi connectivity index (χ4n) is 3.10. The van der Waals surface area contributed by atoms with Crippen molar-refractivity contribution in [1.29, 1.82) is 0 Å². The molecule has 0 atom stereocenters. The Hall–Kier alpha value is -1.72. The van der Waals surface area contributed by atoms with Crippen LogP contribution in [0, 0.1) is 0 Å². The number of amides is 1. The number of carbonyl (C=O) groups is 1. The van der Waals surface area contributed by atoms with E-state index in [1.165, 1.54) is 11.1 Å². The minimum atomic E-state index is -0.118. The minimum Gasteiger partial charge on any atom is -0.321 e. The molecule has 25 heavy (non-hydrogen) atoms. The van der Waals surface area contributed by atoms with Gasteiger partial charge in [0, 0.05) is 35.2 Å². The SMILES string of the molecule is CN1CCc2ncc(NC(=O)c3ccc(C(C)(C)C)c(Br)c3)cc2C1. The van der Waals surface area contributed by atoms with Crippen LogP contribution in [0.5, 0.6) is 0 Å². The molecule has 2 aromatic rings. The van der Waals surface area contributed by atoms with E-state index in [2.05, 4.69) is 58.9 Å². The van der Waals surface area contributed by atoms with Crippen LogP contribution in [0.4, 0.5) is 5.69 Å². The Morgan fingerprint density at radius 3 is 2.72 bits per heavy atom. The van der Waals surface area contributed by atoms with E-state index in [0.717, 1.165) is 35.4 Å². The van der Waals surface area contributed by atoms with Crippen molar-refractivity contribution in [3.8, 4) is 0 Å². The molecule has 5 heteroatoms. The summed E-state index contributed by atoms with van der Waals surface area (Å²) < 4.78 is 0.956. The number of halogens is 1. The maximum Gasteiger partial charge on any atom is 0.255 e. The molecule has 2 heterocycles. The Labute approximate surface area is 157 Å². The predicted octanol–water partition coefficient (Wildman–Crippen LogP) is 4.38. The first-order valence-electron chi connectivity index (χ1n) is 8.52. The van der Waals surface area contributed by atoms with Crippen molar-refractivity contribution >= 4 is 27.5 Å². The number of nitrogens with one attached hydrogen (secondary N) is 1. The standard InChI is InChI=1S/C20H24BrN3O/c1-20(2,3)16-6-5-13(10-17(16)21)19(25)23-15-9-14-12-24(4)8-7-18(14)22-11-15/h5-6,9-11H,7-8,12H2,1-4H3,(H,23,25). The molecule has 0 fully saturated rings. The lowest BCUT2D eigenvalue weighted by atomic mass is 9.86. The van der Waals surface area contributed by atoms with Crippen molar-refractivity contribution in [2.75, 3.05) is 18.9 Å². The highest BCUT2D eigenvalue weighted by atomic mass is 79.9. The van der Waals surface area contributed by atoms with Gasteiger partial charge in [0.2, 0.25) is 0 Å². The van der Waals surface area contributed by atoms with Crippen LogP contribution in [0.25, 0.3) is 0 Å². The summed E-state index contributed by atoms with van der Waals surface area (Å²) in [5.41, 5.74) is 4.92. The van der Waals surface area contributed by atoms with Gasteiger partial charge in [0.15, 0.2) is 0 Å². The van der Waals surface area contributed by atoms with Gasteiger partial charge in [-0.3, -0.25) is 9.78 Å². The first kappa shape index (κ1) is 18.1. The van der Waals surface area contributed by atoms with Crippen LogP contribution in [-0.4, -0.2) is 29.4 Å².